The Labute approximate surface area is 160 Å². The van der Waals surface area contributed by atoms with Crippen LogP contribution in [0.25, 0.3) is 21.8 Å². The third-order valence-electron chi connectivity index (χ3n) is 4.25. The van der Waals surface area contributed by atoms with E-state index in [1.807, 2.05) is 48.7 Å². The number of aromatic carboxylic acids is 1. The Kier molecular flexibility index (Phi) is 5.67. The fraction of sp³-hybridized carbons (Fsp3) is 0.0952. The number of H-pyrrole nitrogens is 1. The van der Waals surface area contributed by atoms with Crippen LogP contribution < -0.4 is 5.73 Å². The molecule has 0 aliphatic heterocycles. The van der Waals surface area contributed by atoms with E-state index in [0.717, 1.165) is 21.9 Å². The molecule has 0 unspecified atom stereocenters. The molecule has 0 saturated heterocycles. The molecule has 0 spiro atoms. The van der Waals surface area contributed by atoms with Crippen LogP contribution in [-0.2, 0) is 11.2 Å². The van der Waals surface area contributed by atoms with E-state index in [-0.39, 0.29) is 5.69 Å². The summed E-state index contributed by atoms with van der Waals surface area (Å²) in [4.78, 5) is 28.3. The van der Waals surface area contributed by atoms with Gasteiger partial charge in [-0.1, -0.05) is 42.5 Å². The number of benzene rings is 2. The lowest BCUT2D eigenvalue weighted by Crippen LogP contribution is -2.32. The molecular formula is C21H19N3O4. The van der Waals surface area contributed by atoms with Crippen LogP contribution >= 0.6 is 0 Å². The molecule has 2 aromatic carbocycles. The number of aliphatic carboxylic acids is 1. The molecule has 28 heavy (non-hydrogen) atoms. The van der Waals surface area contributed by atoms with Crippen molar-refractivity contribution in [3.63, 3.8) is 0 Å². The number of para-hydroxylation sites is 2. The first kappa shape index (κ1) is 19.1. The second-order valence-corrected chi connectivity index (χ2v) is 6.20. The molecule has 0 radical (unpaired) electrons. The predicted molar refractivity (Wildman–Crippen MR) is 106 cm³/mol. The van der Waals surface area contributed by atoms with Crippen molar-refractivity contribution in [2.24, 2.45) is 5.73 Å². The molecule has 7 heteroatoms. The van der Waals surface area contributed by atoms with E-state index in [1.54, 1.807) is 12.1 Å². The zero-order valence-electron chi connectivity index (χ0n) is 14.9. The summed E-state index contributed by atoms with van der Waals surface area (Å²) in [5.74, 6) is -1.97. The molecule has 1 atom stereocenters. The number of aromatic amines is 1. The summed E-state index contributed by atoms with van der Waals surface area (Å²) in [5, 5.41) is 19.4. The molecule has 2 aromatic heterocycles. The lowest BCUT2D eigenvalue weighted by molar-refractivity contribution is -0.138. The summed E-state index contributed by atoms with van der Waals surface area (Å²) in [7, 11) is 0. The third kappa shape index (κ3) is 4.33. The Morgan fingerprint density at radius 2 is 1.71 bits per heavy atom. The van der Waals surface area contributed by atoms with Gasteiger partial charge < -0.3 is 20.9 Å². The van der Waals surface area contributed by atoms with Gasteiger partial charge in [-0.2, -0.15) is 0 Å². The zero-order chi connectivity index (χ0) is 20.1. The molecule has 4 rings (SSSR count). The number of rotatable bonds is 4. The van der Waals surface area contributed by atoms with E-state index in [2.05, 4.69) is 9.97 Å². The van der Waals surface area contributed by atoms with E-state index in [9.17, 15) is 9.59 Å². The Bertz CT molecular complexity index is 1140. The van der Waals surface area contributed by atoms with Gasteiger partial charge in [-0.15, -0.1) is 0 Å². The van der Waals surface area contributed by atoms with Gasteiger partial charge in [0.25, 0.3) is 0 Å². The summed E-state index contributed by atoms with van der Waals surface area (Å²) >= 11 is 0. The molecule has 0 aliphatic carbocycles. The molecule has 4 aromatic rings. The van der Waals surface area contributed by atoms with Crippen molar-refractivity contribution in [2.45, 2.75) is 12.5 Å². The second-order valence-electron chi connectivity index (χ2n) is 6.20. The van der Waals surface area contributed by atoms with Crippen LogP contribution in [0.5, 0.6) is 0 Å². The Balaban J connectivity index is 0.000000162. The SMILES string of the molecule is N[C@@H](Cc1c[nH]c2ccccc12)C(=O)O.O=C(O)c1ccc2ccccc2n1. The van der Waals surface area contributed by atoms with Crippen molar-refractivity contribution in [1.82, 2.24) is 9.97 Å². The van der Waals surface area contributed by atoms with Crippen molar-refractivity contribution in [1.29, 1.82) is 0 Å². The monoisotopic (exact) mass is 377 g/mol. The molecule has 0 aliphatic rings. The number of pyridine rings is 1. The van der Waals surface area contributed by atoms with Crippen molar-refractivity contribution in [3.05, 3.63) is 78.1 Å². The number of nitrogens with zero attached hydrogens (tertiary/aromatic N) is 1. The van der Waals surface area contributed by atoms with Gasteiger partial charge in [-0.3, -0.25) is 4.79 Å². The fourth-order valence-corrected chi connectivity index (χ4v) is 2.81. The molecule has 0 saturated carbocycles. The number of fused-ring (bicyclic) bond motifs is 2. The zero-order valence-corrected chi connectivity index (χ0v) is 14.9. The molecule has 2 heterocycles. The fourth-order valence-electron chi connectivity index (χ4n) is 2.81. The maximum atomic E-state index is 10.6. The third-order valence-corrected chi connectivity index (χ3v) is 4.25. The minimum Gasteiger partial charge on any atom is -0.480 e. The summed E-state index contributed by atoms with van der Waals surface area (Å²) in [6, 6.07) is 17.6. The van der Waals surface area contributed by atoms with Crippen LogP contribution in [0.15, 0.2) is 66.9 Å². The van der Waals surface area contributed by atoms with Crippen LogP contribution in [0.4, 0.5) is 0 Å². The van der Waals surface area contributed by atoms with Gasteiger partial charge >= 0.3 is 11.9 Å². The highest BCUT2D eigenvalue weighted by Gasteiger charge is 2.14. The van der Waals surface area contributed by atoms with Crippen molar-refractivity contribution >= 4 is 33.7 Å². The van der Waals surface area contributed by atoms with Crippen LogP contribution in [0.1, 0.15) is 16.1 Å². The van der Waals surface area contributed by atoms with Gasteiger partial charge in [-0.05, 0) is 23.8 Å². The largest absolute Gasteiger partial charge is 0.480 e. The standard InChI is InChI=1S/C11H12N2O2.C10H7NO2/c12-9(11(14)15)5-7-6-13-10-4-2-1-3-8(7)10;12-10(13)9-6-5-7-3-1-2-4-8(7)11-9/h1-4,6,9,13H,5,12H2,(H,14,15);1-6H,(H,12,13)/t9-;/m0./s1. The summed E-state index contributed by atoms with van der Waals surface area (Å²) < 4.78 is 0. The van der Waals surface area contributed by atoms with Crippen LogP contribution in [-0.4, -0.2) is 38.2 Å². The van der Waals surface area contributed by atoms with Gasteiger partial charge in [0.2, 0.25) is 0 Å². The number of carboxylic acid groups (broad SMARTS) is 2. The van der Waals surface area contributed by atoms with Crippen LogP contribution in [0.3, 0.4) is 0 Å². The van der Waals surface area contributed by atoms with Gasteiger partial charge in [0.1, 0.15) is 11.7 Å². The number of aromatic nitrogens is 2. The lowest BCUT2D eigenvalue weighted by atomic mass is 10.1. The number of nitrogens with two attached hydrogens (primary N) is 1. The van der Waals surface area contributed by atoms with Gasteiger partial charge in [0.15, 0.2) is 0 Å². The van der Waals surface area contributed by atoms with E-state index in [1.165, 1.54) is 6.07 Å². The quantitative estimate of drug-likeness (QED) is 0.432. The highest BCUT2D eigenvalue weighted by Crippen LogP contribution is 2.18. The molecule has 7 nitrogen and oxygen atoms in total. The van der Waals surface area contributed by atoms with E-state index in [4.69, 9.17) is 15.9 Å². The number of hydrogen-bond donors (Lipinski definition) is 4. The van der Waals surface area contributed by atoms with Crippen LogP contribution in [0, 0.1) is 0 Å². The maximum absolute atomic E-state index is 10.6. The molecule has 0 fully saturated rings. The predicted octanol–water partition coefficient (Wildman–Crippen LogP) is 3.06. The smallest absolute Gasteiger partial charge is 0.354 e. The maximum Gasteiger partial charge on any atom is 0.354 e. The Morgan fingerprint density at radius 1 is 1.00 bits per heavy atom. The molecule has 0 bridgehead atoms. The Hall–Kier alpha value is -3.71. The summed E-state index contributed by atoms with van der Waals surface area (Å²) in [6.45, 7) is 0. The van der Waals surface area contributed by atoms with Crippen LogP contribution in [0.2, 0.25) is 0 Å². The lowest BCUT2D eigenvalue weighted by Gasteiger charge is -2.04. The van der Waals surface area contributed by atoms with E-state index >= 15 is 0 Å². The second kappa shape index (κ2) is 8.32. The normalized spacial score (nSPS) is 11.6. The molecule has 142 valence electrons. The first-order valence-corrected chi connectivity index (χ1v) is 8.58. The van der Waals surface area contributed by atoms with Gasteiger partial charge in [-0.25, -0.2) is 9.78 Å². The average molecular weight is 377 g/mol. The molecule has 5 N–H and O–H groups in total. The number of hydrogen-bond acceptors (Lipinski definition) is 4. The summed E-state index contributed by atoms with van der Waals surface area (Å²) in [5.41, 5.74) is 8.23. The van der Waals surface area contributed by atoms with E-state index in [0.29, 0.717) is 11.9 Å². The van der Waals surface area contributed by atoms with Crippen molar-refractivity contribution < 1.29 is 19.8 Å². The first-order valence-electron chi connectivity index (χ1n) is 8.58. The average Bonchev–Trinajstić information content (AvgIpc) is 3.11. The number of nitrogens with one attached hydrogen (secondary N) is 1. The highest BCUT2D eigenvalue weighted by molar-refractivity contribution is 5.89. The van der Waals surface area contributed by atoms with E-state index < -0.39 is 18.0 Å². The molecular weight excluding hydrogens is 358 g/mol. The molecule has 0 amide bonds. The topological polar surface area (TPSA) is 129 Å². The minimum absolute atomic E-state index is 0.0821. The Morgan fingerprint density at radius 3 is 2.46 bits per heavy atom. The number of carbonyl (C=O) groups is 2. The first-order chi connectivity index (χ1) is 13.5. The number of carboxylic acids is 2. The summed E-state index contributed by atoms with van der Waals surface area (Å²) in [6.07, 6.45) is 2.16. The van der Waals surface area contributed by atoms with Crippen molar-refractivity contribution in [2.75, 3.05) is 0 Å². The minimum atomic E-state index is -0.995. The van der Waals surface area contributed by atoms with Crippen molar-refractivity contribution in [3.8, 4) is 0 Å². The van der Waals surface area contributed by atoms with Gasteiger partial charge in [0, 0.05) is 28.9 Å². The highest BCUT2D eigenvalue weighted by atomic mass is 16.4. The van der Waals surface area contributed by atoms with Gasteiger partial charge in [0.05, 0.1) is 5.52 Å².